The van der Waals surface area contributed by atoms with Gasteiger partial charge in [0.25, 0.3) is 0 Å². The second kappa shape index (κ2) is 5.65. The van der Waals surface area contributed by atoms with Gasteiger partial charge in [-0.25, -0.2) is 4.39 Å². The van der Waals surface area contributed by atoms with Gasteiger partial charge in [-0.2, -0.15) is 0 Å². The van der Waals surface area contributed by atoms with Gasteiger partial charge in [0.05, 0.1) is 0 Å². The van der Waals surface area contributed by atoms with Crippen LogP contribution >= 0.6 is 12.2 Å². The van der Waals surface area contributed by atoms with Crippen LogP contribution < -0.4 is 10.6 Å². The Morgan fingerprint density at radius 3 is 2.78 bits per heavy atom. The molecule has 1 aromatic rings. The summed E-state index contributed by atoms with van der Waals surface area (Å²) >= 11 is 5.03. The normalized spacial score (nSPS) is 14.6. The van der Waals surface area contributed by atoms with Crippen LogP contribution in [-0.4, -0.2) is 18.1 Å². The molecule has 0 radical (unpaired) electrons. The van der Waals surface area contributed by atoms with Crippen LogP contribution in [0.1, 0.15) is 31.7 Å². The van der Waals surface area contributed by atoms with Gasteiger partial charge in [-0.05, 0) is 43.4 Å². The minimum Gasteiger partial charge on any atom is -0.389 e. The lowest BCUT2D eigenvalue weighted by Crippen LogP contribution is -2.29. The molecule has 98 valence electrons. The highest BCUT2D eigenvalue weighted by Gasteiger charge is 2.25. The highest BCUT2D eigenvalue weighted by Crippen LogP contribution is 2.32. The van der Waals surface area contributed by atoms with Gasteiger partial charge >= 0.3 is 0 Å². The van der Waals surface area contributed by atoms with Crippen molar-refractivity contribution in [1.29, 1.82) is 0 Å². The second-order valence-corrected chi connectivity index (χ2v) is 5.35. The molecule has 0 heterocycles. The summed E-state index contributed by atoms with van der Waals surface area (Å²) in [7, 11) is 0. The number of rotatable bonds is 6. The summed E-state index contributed by atoms with van der Waals surface area (Å²) in [5.41, 5.74) is 7.32. The lowest BCUT2D eigenvalue weighted by Gasteiger charge is -2.26. The number of hydrogen-bond donors (Lipinski definition) is 1. The third kappa shape index (κ3) is 3.19. The van der Waals surface area contributed by atoms with Gasteiger partial charge in [0.1, 0.15) is 10.8 Å². The molecule has 0 atom stereocenters. The van der Waals surface area contributed by atoms with Crippen molar-refractivity contribution in [2.24, 2.45) is 11.7 Å². The Morgan fingerprint density at radius 1 is 1.50 bits per heavy atom. The Hall–Kier alpha value is -1.16. The zero-order valence-electron chi connectivity index (χ0n) is 10.7. The lowest BCUT2D eigenvalue weighted by atomic mass is 10.1. The number of halogens is 1. The summed E-state index contributed by atoms with van der Waals surface area (Å²) in [6, 6.07) is 4.71. The van der Waals surface area contributed by atoms with E-state index in [1.807, 2.05) is 0 Å². The van der Waals surface area contributed by atoms with E-state index in [2.05, 4.69) is 11.8 Å². The van der Waals surface area contributed by atoms with Crippen molar-refractivity contribution in [1.82, 2.24) is 0 Å². The molecule has 2 rings (SSSR count). The highest BCUT2D eigenvalue weighted by molar-refractivity contribution is 7.80. The maximum Gasteiger partial charge on any atom is 0.124 e. The average Bonchev–Trinajstić information content (AvgIpc) is 3.12. The van der Waals surface area contributed by atoms with Crippen LogP contribution in [0.3, 0.4) is 0 Å². The Balaban J connectivity index is 2.29. The zero-order chi connectivity index (χ0) is 13.1. The molecule has 0 aromatic heterocycles. The van der Waals surface area contributed by atoms with Gasteiger partial charge in [-0.3, -0.25) is 0 Å². The molecule has 0 amide bonds. The van der Waals surface area contributed by atoms with E-state index >= 15 is 0 Å². The summed E-state index contributed by atoms with van der Waals surface area (Å²) in [5, 5.41) is 0. The monoisotopic (exact) mass is 266 g/mol. The van der Waals surface area contributed by atoms with E-state index in [-0.39, 0.29) is 10.8 Å². The van der Waals surface area contributed by atoms with E-state index < -0.39 is 0 Å². The molecule has 0 bridgehead atoms. The van der Waals surface area contributed by atoms with Crippen molar-refractivity contribution in [3.05, 3.63) is 29.6 Å². The molecule has 18 heavy (non-hydrogen) atoms. The van der Waals surface area contributed by atoms with E-state index in [1.54, 1.807) is 6.07 Å². The quantitative estimate of drug-likeness (QED) is 0.802. The maximum absolute atomic E-state index is 13.3. The Labute approximate surface area is 113 Å². The number of anilines is 1. The maximum atomic E-state index is 13.3. The van der Waals surface area contributed by atoms with Gasteiger partial charge in [0, 0.05) is 24.3 Å². The molecular formula is C14H19FN2S. The van der Waals surface area contributed by atoms with Crippen molar-refractivity contribution >= 4 is 22.9 Å². The fraction of sp³-hybridized carbons (Fsp3) is 0.500. The minimum atomic E-state index is -0.288. The smallest absolute Gasteiger partial charge is 0.124 e. The molecule has 0 saturated heterocycles. The first-order valence-electron chi connectivity index (χ1n) is 6.46. The summed E-state index contributed by atoms with van der Waals surface area (Å²) in [6.45, 7) is 4.12. The number of thiocarbonyl (C=S) groups is 1. The van der Waals surface area contributed by atoms with Crippen molar-refractivity contribution < 1.29 is 4.39 Å². The molecule has 1 fully saturated rings. The summed E-state index contributed by atoms with van der Waals surface area (Å²) in [6.07, 6.45) is 3.65. The number of nitrogens with zero attached hydrogens (tertiary/aromatic N) is 1. The Morgan fingerprint density at radius 2 is 2.22 bits per heavy atom. The van der Waals surface area contributed by atoms with Crippen LogP contribution in [0.25, 0.3) is 0 Å². The molecule has 0 spiro atoms. The fourth-order valence-corrected chi connectivity index (χ4v) is 2.34. The molecule has 1 aliphatic carbocycles. The lowest BCUT2D eigenvalue weighted by molar-refractivity contribution is 0.626. The average molecular weight is 266 g/mol. The van der Waals surface area contributed by atoms with Gasteiger partial charge in [0.15, 0.2) is 0 Å². The SMILES string of the molecule is CCCN(CC1CC1)c1ccc(F)cc1C(N)=S. The predicted octanol–water partition coefficient (Wildman–Crippen LogP) is 3.09. The Kier molecular flexibility index (Phi) is 4.17. The molecule has 2 nitrogen and oxygen atoms in total. The van der Waals surface area contributed by atoms with E-state index in [0.29, 0.717) is 5.56 Å². The first-order valence-corrected chi connectivity index (χ1v) is 6.87. The molecule has 0 aliphatic heterocycles. The van der Waals surface area contributed by atoms with Crippen LogP contribution in [0.5, 0.6) is 0 Å². The summed E-state index contributed by atoms with van der Waals surface area (Å²) < 4.78 is 13.3. The number of hydrogen-bond acceptors (Lipinski definition) is 2. The molecule has 2 N–H and O–H groups in total. The summed E-state index contributed by atoms with van der Waals surface area (Å²) in [5.74, 6) is 0.491. The molecule has 1 aromatic carbocycles. The van der Waals surface area contributed by atoms with Crippen molar-refractivity contribution in [3.63, 3.8) is 0 Å². The highest BCUT2D eigenvalue weighted by atomic mass is 32.1. The van der Waals surface area contributed by atoms with Crippen LogP contribution in [-0.2, 0) is 0 Å². The minimum absolute atomic E-state index is 0.265. The molecule has 1 aliphatic rings. The zero-order valence-corrected chi connectivity index (χ0v) is 11.5. The van der Waals surface area contributed by atoms with Crippen molar-refractivity contribution in [2.45, 2.75) is 26.2 Å². The van der Waals surface area contributed by atoms with Crippen LogP contribution in [0, 0.1) is 11.7 Å². The van der Waals surface area contributed by atoms with E-state index in [4.69, 9.17) is 18.0 Å². The van der Waals surface area contributed by atoms with Crippen LogP contribution in [0.15, 0.2) is 18.2 Å². The van der Waals surface area contributed by atoms with Crippen molar-refractivity contribution in [3.8, 4) is 0 Å². The van der Waals surface area contributed by atoms with E-state index in [0.717, 1.165) is 31.1 Å². The molecule has 4 heteroatoms. The van der Waals surface area contributed by atoms with Crippen molar-refractivity contribution in [2.75, 3.05) is 18.0 Å². The number of nitrogens with two attached hydrogens (primary N) is 1. The second-order valence-electron chi connectivity index (χ2n) is 4.92. The van der Waals surface area contributed by atoms with Gasteiger partial charge in [0.2, 0.25) is 0 Å². The van der Waals surface area contributed by atoms with Crippen LogP contribution in [0.4, 0.5) is 10.1 Å². The third-order valence-electron chi connectivity index (χ3n) is 3.23. The summed E-state index contributed by atoms with van der Waals surface area (Å²) in [4.78, 5) is 2.55. The van der Waals surface area contributed by atoms with Gasteiger partial charge in [-0.15, -0.1) is 0 Å². The van der Waals surface area contributed by atoms with Gasteiger partial charge < -0.3 is 10.6 Å². The first kappa shape index (κ1) is 13.3. The number of benzene rings is 1. The fourth-order valence-electron chi connectivity index (χ4n) is 2.17. The third-order valence-corrected chi connectivity index (χ3v) is 3.45. The standard InChI is InChI=1S/C14H19FN2S/c1-2-7-17(9-10-3-4-10)13-6-5-11(15)8-12(13)14(16)18/h5-6,8,10H,2-4,7,9H2,1H3,(H2,16,18). The molecule has 1 saturated carbocycles. The van der Waals surface area contributed by atoms with Gasteiger partial charge in [-0.1, -0.05) is 19.1 Å². The van der Waals surface area contributed by atoms with E-state index in [1.165, 1.54) is 25.0 Å². The predicted molar refractivity (Wildman–Crippen MR) is 77.5 cm³/mol. The molecule has 0 unspecified atom stereocenters. The topological polar surface area (TPSA) is 29.3 Å². The van der Waals surface area contributed by atoms with E-state index in [9.17, 15) is 4.39 Å². The molecular weight excluding hydrogens is 247 g/mol. The Bertz CT molecular complexity index is 443. The van der Waals surface area contributed by atoms with Crippen LogP contribution in [0.2, 0.25) is 0 Å². The largest absolute Gasteiger partial charge is 0.389 e. The first-order chi connectivity index (χ1) is 8.61.